The predicted molar refractivity (Wildman–Crippen MR) is 96.4 cm³/mol. The van der Waals surface area contributed by atoms with Gasteiger partial charge in [0.2, 0.25) is 5.56 Å². The van der Waals surface area contributed by atoms with E-state index in [0.29, 0.717) is 16.8 Å². The zero-order valence-electron chi connectivity index (χ0n) is 14.7. The van der Waals surface area contributed by atoms with E-state index in [4.69, 9.17) is 0 Å². The lowest BCUT2D eigenvalue weighted by Gasteiger charge is -2.22. The fourth-order valence-corrected chi connectivity index (χ4v) is 2.82. The number of hydrogen-bond donors (Lipinski definition) is 2. The standard InChI is InChI=1S/C19H25N3O2/c1-13-12-17(23)20-14(2)18(13)19(24)21-16(10-11-22(3)4)15-8-6-5-7-9-15/h5-9,12,16H,10-11H2,1-4H3,(H,20,23)(H,21,24). The normalized spacial score (nSPS) is 12.2. The first kappa shape index (κ1) is 17.9. The molecule has 1 aromatic heterocycles. The SMILES string of the molecule is Cc1cc(=O)[nH]c(C)c1C(=O)NC(CCN(C)C)c1ccccc1. The van der Waals surface area contributed by atoms with Crippen LogP contribution in [-0.4, -0.2) is 36.4 Å². The van der Waals surface area contributed by atoms with Crippen LogP contribution < -0.4 is 10.9 Å². The number of amides is 1. The molecule has 2 N–H and O–H groups in total. The van der Waals surface area contributed by atoms with Gasteiger partial charge >= 0.3 is 0 Å². The van der Waals surface area contributed by atoms with Gasteiger partial charge in [-0.05, 0) is 52.0 Å². The lowest BCUT2D eigenvalue weighted by Crippen LogP contribution is -2.32. The first-order valence-electron chi connectivity index (χ1n) is 8.09. The highest BCUT2D eigenvalue weighted by atomic mass is 16.2. The Hall–Kier alpha value is -2.40. The van der Waals surface area contributed by atoms with Crippen LogP contribution in [-0.2, 0) is 0 Å². The smallest absolute Gasteiger partial charge is 0.253 e. The summed E-state index contributed by atoms with van der Waals surface area (Å²) in [5.74, 6) is -0.158. The summed E-state index contributed by atoms with van der Waals surface area (Å²) >= 11 is 0. The van der Waals surface area contributed by atoms with E-state index < -0.39 is 0 Å². The Bertz CT molecular complexity index is 725. The molecule has 128 valence electrons. The lowest BCUT2D eigenvalue weighted by atomic mass is 10.0. The highest BCUT2D eigenvalue weighted by Gasteiger charge is 2.19. The van der Waals surface area contributed by atoms with Crippen molar-refractivity contribution in [3.8, 4) is 0 Å². The third kappa shape index (κ3) is 4.55. The van der Waals surface area contributed by atoms with Gasteiger partial charge in [-0.2, -0.15) is 0 Å². The number of nitrogens with one attached hydrogen (secondary N) is 2. The van der Waals surface area contributed by atoms with E-state index >= 15 is 0 Å². The molecule has 0 bridgehead atoms. The van der Waals surface area contributed by atoms with Crippen molar-refractivity contribution in [1.29, 1.82) is 0 Å². The molecule has 0 radical (unpaired) electrons. The second-order valence-corrected chi connectivity index (χ2v) is 6.35. The Morgan fingerprint density at radius 2 is 1.88 bits per heavy atom. The first-order valence-corrected chi connectivity index (χ1v) is 8.09. The Morgan fingerprint density at radius 1 is 1.21 bits per heavy atom. The Kier molecular flexibility index (Phi) is 5.93. The van der Waals surface area contributed by atoms with Gasteiger partial charge < -0.3 is 15.2 Å². The Morgan fingerprint density at radius 3 is 2.46 bits per heavy atom. The average molecular weight is 327 g/mol. The summed E-state index contributed by atoms with van der Waals surface area (Å²) in [6.07, 6.45) is 0.810. The fraction of sp³-hybridized carbons (Fsp3) is 0.368. The van der Waals surface area contributed by atoms with Gasteiger partial charge in [0.15, 0.2) is 0 Å². The van der Waals surface area contributed by atoms with Gasteiger partial charge in [0.05, 0.1) is 11.6 Å². The van der Waals surface area contributed by atoms with Crippen molar-refractivity contribution in [2.24, 2.45) is 0 Å². The summed E-state index contributed by atoms with van der Waals surface area (Å²) in [7, 11) is 4.03. The highest BCUT2D eigenvalue weighted by Crippen LogP contribution is 2.19. The minimum atomic E-state index is -0.186. The number of H-pyrrole nitrogens is 1. The molecule has 2 rings (SSSR count). The molecule has 0 saturated carbocycles. The van der Waals surface area contributed by atoms with Gasteiger partial charge in [0.25, 0.3) is 5.91 Å². The Labute approximate surface area is 142 Å². The molecule has 2 aromatic rings. The van der Waals surface area contributed by atoms with E-state index in [1.807, 2.05) is 44.4 Å². The third-order valence-electron chi connectivity index (χ3n) is 4.03. The van der Waals surface area contributed by atoms with Crippen molar-refractivity contribution >= 4 is 5.91 Å². The van der Waals surface area contributed by atoms with E-state index in [9.17, 15) is 9.59 Å². The molecule has 0 fully saturated rings. The van der Waals surface area contributed by atoms with Crippen molar-refractivity contribution in [3.63, 3.8) is 0 Å². The number of pyridine rings is 1. The molecule has 0 aliphatic rings. The van der Waals surface area contributed by atoms with Gasteiger partial charge in [0.1, 0.15) is 0 Å². The van der Waals surface area contributed by atoms with Gasteiger partial charge in [-0.3, -0.25) is 9.59 Å². The van der Waals surface area contributed by atoms with E-state index in [2.05, 4.69) is 15.2 Å². The molecule has 1 unspecified atom stereocenters. The van der Waals surface area contributed by atoms with E-state index in [-0.39, 0.29) is 17.5 Å². The molecular weight excluding hydrogens is 302 g/mol. The van der Waals surface area contributed by atoms with Crippen molar-refractivity contribution in [1.82, 2.24) is 15.2 Å². The van der Waals surface area contributed by atoms with Crippen LogP contribution in [0, 0.1) is 13.8 Å². The second kappa shape index (κ2) is 7.93. The molecule has 5 heteroatoms. The average Bonchev–Trinajstić information content (AvgIpc) is 2.51. The van der Waals surface area contributed by atoms with Gasteiger partial charge in [0, 0.05) is 11.8 Å². The molecular formula is C19H25N3O2. The fourth-order valence-electron chi connectivity index (χ4n) is 2.82. The Balaban J connectivity index is 2.26. The van der Waals surface area contributed by atoms with Crippen molar-refractivity contribution < 1.29 is 4.79 Å². The third-order valence-corrected chi connectivity index (χ3v) is 4.03. The molecule has 1 heterocycles. The van der Waals surface area contributed by atoms with Crippen molar-refractivity contribution in [3.05, 3.63) is 69.1 Å². The van der Waals surface area contributed by atoms with Gasteiger partial charge in [-0.25, -0.2) is 0 Å². The number of carbonyl (C=O) groups is 1. The minimum Gasteiger partial charge on any atom is -0.345 e. The summed E-state index contributed by atoms with van der Waals surface area (Å²) in [5.41, 5.74) is 2.71. The molecule has 0 aliphatic heterocycles. The van der Waals surface area contributed by atoms with Crippen LogP contribution in [0.5, 0.6) is 0 Å². The number of benzene rings is 1. The number of nitrogens with zero attached hydrogens (tertiary/aromatic N) is 1. The minimum absolute atomic E-state index is 0.0770. The maximum absolute atomic E-state index is 12.8. The first-order chi connectivity index (χ1) is 11.4. The van der Waals surface area contributed by atoms with Gasteiger partial charge in [-0.15, -0.1) is 0 Å². The molecule has 1 aromatic carbocycles. The van der Waals surface area contributed by atoms with Gasteiger partial charge in [-0.1, -0.05) is 30.3 Å². The van der Waals surface area contributed by atoms with Crippen molar-refractivity contribution in [2.75, 3.05) is 20.6 Å². The summed E-state index contributed by atoms with van der Waals surface area (Å²) in [5, 5.41) is 3.12. The van der Waals surface area contributed by atoms with Crippen LogP contribution in [0.15, 0.2) is 41.2 Å². The van der Waals surface area contributed by atoms with E-state index in [1.54, 1.807) is 13.8 Å². The van der Waals surface area contributed by atoms with Crippen LogP contribution in [0.4, 0.5) is 0 Å². The van der Waals surface area contributed by atoms with Crippen molar-refractivity contribution in [2.45, 2.75) is 26.3 Å². The molecule has 24 heavy (non-hydrogen) atoms. The second-order valence-electron chi connectivity index (χ2n) is 6.35. The lowest BCUT2D eigenvalue weighted by molar-refractivity contribution is 0.0931. The summed E-state index contributed by atoms with van der Waals surface area (Å²) in [4.78, 5) is 29.1. The molecule has 5 nitrogen and oxygen atoms in total. The van der Waals surface area contributed by atoms with Crippen LogP contribution in [0.25, 0.3) is 0 Å². The predicted octanol–water partition coefficient (Wildman–Crippen LogP) is 2.41. The largest absolute Gasteiger partial charge is 0.345 e. The van der Waals surface area contributed by atoms with E-state index in [1.165, 1.54) is 6.07 Å². The number of aryl methyl sites for hydroxylation is 2. The quantitative estimate of drug-likeness (QED) is 0.856. The van der Waals surface area contributed by atoms with Crippen LogP contribution in [0.3, 0.4) is 0 Å². The maximum Gasteiger partial charge on any atom is 0.253 e. The summed E-state index contributed by atoms with van der Waals surface area (Å²) in [6.45, 7) is 4.40. The summed E-state index contributed by atoms with van der Waals surface area (Å²) < 4.78 is 0. The maximum atomic E-state index is 12.8. The van der Waals surface area contributed by atoms with Crippen LogP contribution in [0.1, 0.15) is 39.6 Å². The number of rotatable bonds is 6. The zero-order valence-corrected chi connectivity index (χ0v) is 14.7. The number of carbonyl (C=O) groups excluding carboxylic acids is 1. The zero-order chi connectivity index (χ0) is 17.7. The van der Waals surface area contributed by atoms with E-state index in [0.717, 1.165) is 18.5 Å². The molecule has 0 saturated heterocycles. The number of aromatic amines is 1. The molecule has 0 aliphatic carbocycles. The molecule has 0 spiro atoms. The number of hydrogen-bond acceptors (Lipinski definition) is 3. The number of aromatic nitrogens is 1. The molecule has 1 amide bonds. The molecule has 1 atom stereocenters. The van der Waals surface area contributed by atoms with Crippen LogP contribution in [0.2, 0.25) is 0 Å². The summed E-state index contributed by atoms with van der Waals surface area (Å²) in [6, 6.07) is 11.3. The van der Waals surface area contributed by atoms with Crippen LogP contribution >= 0.6 is 0 Å². The topological polar surface area (TPSA) is 65.2 Å². The monoisotopic (exact) mass is 327 g/mol. The highest BCUT2D eigenvalue weighted by molar-refractivity contribution is 5.96.